The Balaban J connectivity index is 2.69. The highest BCUT2D eigenvalue weighted by atomic mass is 16.5. The standard InChI is InChI=1S/C48H73N13O12/c1-7-31-42(66)55-29(5)41(65)59-34(16-12-22-54-48(51)52)44(68)61-36(46(71)72)25-39(63)57-33(15-11-21-53-47(49)50)43(67)58-32(28(4)40(64)60-35(45(69)70)19-20-38(62)56-31)18-17-26(2)23-27(3)37(73-6)24-30-13-9-8-10-14-30/h7-10,13-14,17-18,23,27-29,32-37H,11-12,15-16,19-22,24-25H2,1-6H3,(H,55,66)(H,56,62)(H,57,63)(H,58,67)(H,59,65)(H,60,64)(H,61,68)(H,69,70)(H,71,72)(H4,49,50,53)(H4,51,52,54)/b18-17+,26-23+,31-7+. The van der Waals surface area contributed by atoms with E-state index in [9.17, 15) is 53.4 Å². The number of rotatable bonds is 17. The first-order chi connectivity index (χ1) is 34.4. The third-order valence-corrected chi connectivity index (χ3v) is 11.5. The number of carbonyl (C=O) groups is 9. The fourth-order valence-electron chi connectivity index (χ4n) is 7.33. The molecule has 2 rings (SSSR count). The van der Waals surface area contributed by atoms with Gasteiger partial charge in [0.15, 0.2) is 11.9 Å². The molecule has 0 aromatic heterocycles. The number of carboxylic acids is 2. The number of aliphatic imine (C=N–C) groups is 2. The number of hydrogen-bond donors (Lipinski definition) is 13. The Morgan fingerprint density at radius 3 is 1.88 bits per heavy atom. The Kier molecular flexibility index (Phi) is 26.4. The minimum atomic E-state index is -1.91. The van der Waals surface area contributed by atoms with Gasteiger partial charge in [-0.3, -0.25) is 43.5 Å². The summed E-state index contributed by atoms with van der Waals surface area (Å²) in [5.74, 6) is -11.4. The number of nitrogens with two attached hydrogens (primary N) is 4. The van der Waals surface area contributed by atoms with Crippen molar-refractivity contribution in [1.82, 2.24) is 37.2 Å². The molecule has 1 fully saturated rings. The van der Waals surface area contributed by atoms with Gasteiger partial charge in [0.05, 0.1) is 24.5 Å². The first-order valence-corrected chi connectivity index (χ1v) is 23.7. The van der Waals surface area contributed by atoms with Gasteiger partial charge in [0.2, 0.25) is 35.4 Å². The van der Waals surface area contributed by atoms with Gasteiger partial charge in [0, 0.05) is 32.5 Å². The van der Waals surface area contributed by atoms with Gasteiger partial charge in [-0.25, -0.2) is 9.59 Å². The second-order valence-corrected chi connectivity index (χ2v) is 17.5. The van der Waals surface area contributed by atoms with Crippen molar-refractivity contribution in [2.75, 3.05) is 20.2 Å². The third-order valence-electron chi connectivity index (χ3n) is 11.5. The number of benzene rings is 1. The number of carboxylic acid groups (broad SMARTS) is 2. The molecule has 9 unspecified atom stereocenters. The van der Waals surface area contributed by atoms with Crippen molar-refractivity contribution in [1.29, 1.82) is 0 Å². The van der Waals surface area contributed by atoms with Gasteiger partial charge >= 0.3 is 11.9 Å². The topological polar surface area (TPSA) is 416 Å². The molecule has 1 aromatic rings. The lowest BCUT2D eigenvalue weighted by molar-refractivity contribution is -0.144. The van der Waals surface area contributed by atoms with Crippen LogP contribution in [-0.4, -0.2) is 138 Å². The van der Waals surface area contributed by atoms with E-state index in [-0.39, 0.29) is 68.4 Å². The summed E-state index contributed by atoms with van der Waals surface area (Å²) >= 11 is 0. The Hall–Kier alpha value is -7.83. The molecule has 17 N–H and O–H groups in total. The summed E-state index contributed by atoms with van der Waals surface area (Å²) in [4.78, 5) is 128. The Labute approximate surface area is 424 Å². The lowest BCUT2D eigenvalue weighted by Gasteiger charge is -2.27. The van der Waals surface area contributed by atoms with Crippen molar-refractivity contribution in [3.05, 3.63) is 71.5 Å². The van der Waals surface area contributed by atoms with Crippen LogP contribution in [0.3, 0.4) is 0 Å². The lowest BCUT2D eigenvalue weighted by Crippen LogP contribution is -2.56. The van der Waals surface area contributed by atoms with E-state index in [1.165, 1.54) is 32.9 Å². The molecule has 9 atom stereocenters. The van der Waals surface area contributed by atoms with Crippen LogP contribution >= 0.6 is 0 Å². The fourth-order valence-corrected chi connectivity index (χ4v) is 7.33. The van der Waals surface area contributed by atoms with E-state index in [4.69, 9.17) is 27.7 Å². The van der Waals surface area contributed by atoms with E-state index in [2.05, 4.69) is 47.2 Å². The molecule has 1 heterocycles. The summed E-state index contributed by atoms with van der Waals surface area (Å²) < 4.78 is 5.81. The molecule has 0 aliphatic carbocycles. The van der Waals surface area contributed by atoms with Crippen molar-refractivity contribution < 1.29 is 58.1 Å². The summed E-state index contributed by atoms with van der Waals surface area (Å²) in [5.41, 5.74) is 23.3. The molecule has 1 aliphatic rings. The van der Waals surface area contributed by atoms with Crippen LogP contribution in [0, 0.1) is 11.8 Å². The second-order valence-electron chi connectivity index (χ2n) is 17.5. The van der Waals surface area contributed by atoms with Crippen LogP contribution in [0.2, 0.25) is 0 Å². The maximum Gasteiger partial charge on any atom is 0.326 e. The zero-order valence-corrected chi connectivity index (χ0v) is 42.1. The number of hydrogen-bond acceptors (Lipinski definition) is 12. The van der Waals surface area contributed by atoms with E-state index < -0.39 is 115 Å². The molecule has 0 saturated carbocycles. The summed E-state index contributed by atoms with van der Waals surface area (Å²) in [6.45, 7) is 7.86. The third kappa shape index (κ3) is 22.9. The van der Waals surface area contributed by atoms with Crippen LogP contribution in [0.4, 0.5) is 0 Å². The van der Waals surface area contributed by atoms with E-state index in [0.717, 1.165) is 5.56 Å². The molecule has 73 heavy (non-hydrogen) atoms. The summed E-state index contributed by atoms with van der Waals surface area (Å²) in [7, 11) is 1.60. The number of carbonyl (C=O) groups excluding carboxylic acids is 7. The molecule has 7 amide bonds. The minimum Gasteiger partial charge on any atom is -0.480 e. The van der Waals surface area contributed by atoms with E-state index in [0.29, 0.717) is 12.0 Å². The monoisotopic (exact) mass is 1020 g/mol. The molecular weight excluding hydrogens is 951 g/mol. The number of aliphatic carboxylic acids is 2. The van der Waals surface area contributed by atoms with E-state index >= 15 is 0 Å². The molecule has 1 saturated heterocycles. The highest BCUT2D eigenvalue weighted by molar-refractivity contribution is 6.00. The number of ether oxygens (including phenoxy) is 1. The van der Waals surface area contributed by atoms with Crippen molar-refractivity contribution in [3.63, 3.8) is 0 Å². The van der Waals surface area contributed by atoms with Crippen molar-refractivity contribution >= 4 is 65.2 Å². The Bertz CT molecular complexity index is 2240. The van der Waals surface area contributed by atoms with Crippen LogP contribution in [0.15, 0.2) is 75.9 Å². The second kappa shape index (κ2) is 31.5. The fraction of sp³-hybridized carbons (Fsp3) is 0.521. The molecule has 25 heteroatoms. The maximum absolute atomic E-state index is 14.3. The van der Waals surface area contributed by atoms with E-state index in [1.807, 2.05) is 43.3 Å². The first kappa shape index (κ1) is 61.3. The Morgan fingerprint density at radius 2 is 1.33 bits per heavy atom. The average molecular weight is 1020 g/mol. The van der Waals surface area contributed by atoms with Gasteiger partial charge in [-0.15, -0.1) is 0 Å². The van der Waals surface area contributed by atoms with Gasteiger partial charge in [-0.05, 0) is 64.9 Å². The number of guanidine groups is 2. The van der Waals surface area contributed by atoms with E-state index in [1.54, 1.807) is 20.1 Å². The van der Waals surface area contributed by atoms with Crippen LogP contribution in [0.1, 0.15) is 85.1 Å². The number of methoxy groups -OCH3 is 1. The highest BCUT2D eigenvalue weighted by Crippen LogP contribution is 2.18. The maximum atomic E-state index is 14.3. The van der Waals surface area contributed by atoms with Gasteiger partial charge in [-0.1, -0.05) is 74.1 Å². The molecule has 1 aromatic carbocycles. The minimum absolute atomic E-state index is 0.00238. The van der Waals surface area contributed by atoms with Crippen LogP contribution in [0.25, 0.3) is 0 Å². The lowest BCUT2D eigenvalue weighted by atomic mass is 9.94. The van der Waals surface area contributed by atoms with Crippen LogP contribution < -0.4 is 60.2 Å². The van der Waals surface area contributed by atoms with Crippen molar-refractivity contribution in [2.24, 2.45) is 44.8 Å². The smallest absolute Gasteiger partial charge is 0.326 e. The predicted octanol–water partition coefficient (Wildman–Crippen LogP) is -1.57. The molecule has 0 bridgehead atoms. The number of nitrogens with zero attached hydrogens (tertiary/aromatic N) is 2. The largest absolute Gasteiger partial charge is 0.480 e. The summed E-state index contributed by atoms with van der Waals surface area (Å²) in [6, 6.07) is 0.758. The molecule has 402 valence electrons. The van der Waals surface area contributed by atoms with Gasteiger partial charge < -0.3 is 75.1 Å². The predicted molar refractivity (Wildman–Crippen MR) is 270 cm³/mol. The molecule has 0 spiro atoms. The zero-order valence-electron chi connectivity index (χ0n) is 42.1. The molecule has 1 aliphatic heterocycles. The van der Waals surface area contributed by atoms with Gasteiger partial charge in [-0.2, -0.15) is 0 Å². The van der Waals surface area contributed by atoms with Crippen molar-refractivity contribution in [3.8, 4) is 0 Å². The van der Waals surface area contributed by atoms with Gasteiger partial charge in [0.1, 0.15) is 35.9 Å². The molecular formula is C48H73N13O12. The SMILES string of the molecule is C/C=C1/NC(=O)CCC(C(=O)O)NC(=O)C(C)C(/C=C/C(C)=C/C(C)C(Cc2ccccc2)OC)NC(=O)C(CCCN=C(N)N)NC(=O)CC(C(=O)O)NC(=O)C(CCCN=C(N)N)NC(=O)C(C)NC1=O. The van der Waals surface area contributed by atoms with Crippen LogP contribution in [-0.2, 0) is 54.3 Å². The first-order valence-electron chi connectivity index (χ1n) is 23.7. The quantitative estimate of drug-likeness (QED) is 0.0276. The van der Waals surface area contributed by atoms with Gasteiger partial charge in [0.25, 0.3) is 5.91 Å². The molecule has 25 nitrogen and oxygen atoms in total. The zero-order chi connectivity index (χ0) is 54.8. The summed E-state index contributed by atoms with van der Waals surface area (Å²) in [6.07, 6.45) is 4.77. The average Bonchev–Trinajstić information content (AvgIpc) is 3.33. The van der Waals surface area contributed by atoms with Crippen molar-refractivity contribution in [2.45, 2.75) is 128 Å². The number of allylic oxidation sites excluding steroid dienone is 3. The normalized spacial score (nSPS) is 24.1. The van der Waals surface area contributed by atoms with Crippen LogP contribution in [0.5, 0.6) is 0 Å². The highest BCUT2D eigenvalue weighted by Gasteiger charge is 2.34. The molecule has 0 radical (unpaired) electrons. The number of amides is 7. The summed E-state index contributed by atoms with van der Waals surface area (Å²) in [5, 5.41) is 37.5. The Morgan fingerprint density at radius 1 is 0.767 bits per heavy atom. The number of nitrogens with one attached hydrogen (secondary N) is 7.